The van der Waals surface area contributed by atoms with E-state index in [0.717, 1.165) is 12.8 Å². The molecule has 0 aliphatic heterocycles. The molecule has 1 aromatic rings. The van der Waals surface area contributed by atoms with Crippen molar-refractivity contribution in [3.8, 4) is 0 Å². The topological polar surface area (TPSA) is 94.0 Å². The lowest BCUT2D eigenvalue weighted by molar-refractivity contribution is 0.100. The van der Waals surface area contributed by atoms with Crippen LogP contribution in [0.25, 0.3) is 0 Å². The Kier molecular flexibility index (Phi) is 2.46. The van der Waals surface area contributed by atoms with Crippen LogP contribution in [0.15, 0.2) is 12.3 Å². The summed E-state index contributed by atoms with van der Waals surface area (Å²) in [7, 11) is 0. The first-order valence-corrected chi connectivity index (χ1v) is 5.34. The molecule has 1 fully saturated rings. The second kappa shape index (κ2) is 3.66. The number of hydrogen-bond donors (Lipinski definition) is 3. The molecule has 5 nitrogen and oxygen atoms in total. The number of aromatic nitrogens is 1. The van der Waals surface area contributed by atoms with Gasteiger partial charge < -0.3 is 16.8 Å². The first kappa shape index (κ1) is 10.7. The van der Waals surface area contributed by atoms with E-state index in [9.17, 15) is 4.79 Å². The number of amides is 1. The third-order valence-electron chi connectivity index (χ3n) is 3.09. The standard InChI is InChI=1S/C11H16N4O/c1-11(3-2-4-11)15-9-5-7(10(13)16)8(12)6-14-9/h5-6H,2-4,12H2,1H3,(H2,13,16)(H,14,15). The summed E-state index contributed by atoms with van der Waals surface area (Å²) >= 11 is 0. The molecule has 16 heavy (non-hydrogen) atoms. The summed E-state index contributed by atoms with van der Waals surface area (Å²) in [6.45, 7) is 2.14. The van der Waals surface area contributed by atoms with Crippen molar-refractivity contribution in [1.29, 1.82) is 0 Å². The maximum Gasteiger partial charge on any atom is 0.250 e. The van der Waals surface area contributed by atoms with Gasteiger partial charge in [0.15, 0.2) is 0 Å². The number of pyridine rings is 1. The molecule has 0 saturated heterocycles. The van der Waals surface area contributed by atoms with Gasteiger partial charge in [-0.15, -0.1) is 0 Å². The van der Waals surface area contributed by atoms with Gasteiger partial charge in [0.05, 0.1) is 17.4 Å². The number of nitrogens with two attached hydrogens (primary N) is 2. The Morgan fingerprint density at radius 3 is 2.75 bits per heavy atom. The average Bonchev–Trinajstić information content (AvgIpc) is 2.18. The molecule has 86 valence electrons. The minimum Gasteiger partial charge on any atom is -0.397 e. The molecule has 1 aliphatic carbocycles. The zero-order valence-electron chi connectivity index (χ0n) is 9.29. The number of anilines is 2. The predicted molar refractivity (Wildman–Crippen MR) is 63.0 cm³/mol. The highest BCUT2D eigenvalue weighted by Gasteiger charge is 2.31. The fourth-order valence-electron chi connectivity index (χ4n) is 1.89. The molecule has 1 aromatic heterocycles. The number of primary amides is 1. The van der Waals surface area contributed by atoms with E-state index in [-0.39, 0.29) is 5.54 Å². The Morgan fingerprint density at radius 1 is 1.56 bits per heavy atom. The van der Waals surface area contributed by atoms with Crippen LogP contribution in [-0.2, 0) is 0 Å². The molecule has 1 saturated carbocycles. The van der Waals surface area contributed by atoms with Gasteiger partial charge in [-0.3, -0.25) is 4.79 Å². The van der Waals surface area contributed by atoms with Gasteiger partial charge in [-0.1, -0.05) is 0 Å². The Morgan fingerprint density at radius 2 is 2.25 bits per heavy atom. The Balaban J connectivity index is 2.22. The van der Waals surface area contributed by atoms with Crippen LogP contribution >= 0.6 is 0 Å². The van der Waals surface area contributed by atoms with Crippen LogP contribution in [0.1, 0.15) is 36.5 Å². The van der Waals surface area contributed by atoms with Crippen LogP contribution in [0.2, 0.25) is 0 Å². The van der Waals surface area contributed by atoms with Crippen molar-refractivity contribution in [2.24, 2.45) is 5.73 Å². The number of rotatable bonds is 3. The molecule has 0 spiro atoms. The summed E-state index contributed by atoms with van der Waals surface area (Å²) in [5.74, 6) is 0.131. The summed E-state index contributed by atoms with van der Waals surface area (Å²) < 4.78 is 0. The number of carbonyl (C=O) groups excluding carboxylic acids is 1. The van der Waals surface area contributed by atoms with Crippen LogP contribution in [0.3, 0.4) is 0 Å². The van der Waals surface area contributed by atoms with Gasteiger partial charge in [0.25, 0.3) is 5.91 Å². The molecule has 0 atom stereocenters. The fourth-order valence-corrected chi connectivity index (χ4v) is 1.89. The fraction of sp³-hybridized carbons (Fsp3) is 0.455. The minimum atomic E-state index is -0.526. The molecule has 0 aromatic carbocycles. The SMILES string of the molecule is CC1(Nc2cc(C(N)=O)c(N)cn2)CCC1. The first-order chi connectivity index (χ1) is 7.50. The summed E-state index contributed by atoms with van der Waals surface area (Å²) in [5.41, 5.74) is 11.6. The molecule has 0 unspecified atom stereocenters. The molecule has 2 rings (SSSR count). The van der Waals surface area contributed by atoms with Gasteiger partial charge in [-0.25, -0.2) is 4.98 Å². The van der Waals surface area contributed by atoms with Crippen molar-refractivity contribution in [2.75, 3.05) is 11.1 Å². The van der Waals surface area contributed by atoms with Gasteiger partial charge in [-0.05, 0) is 32.3 Å². The van der Waals surface area contributed by atoms with Crippen molar-refractivity contribution >= 4 is 17.4 Å². The highest BCUT2D eigenvalue weighted by molar-refractivity contribution is 5.98. The quantitative estimate of drug-likeness (QED) is 0.711. The van der Waals surface area contributed by atoms with Gasteiger partial charge in [-0.2, -0.15) is 0 Å². The molecule has 5 heteroatoms. The zero-order valence-corrected chi connectivity index (χ0v) is 9.29. The van der Waals surface area contributed by atoms with Crippen molar-refractivity contribution < 1.29 is 4.79 Å². The lowest BCUT2D eigenvalue weighted by Gasteiger charge is -2.39. The molecule has 1 heterocycles. The van der Waals surface area contributed by atoms with E-state index in [4.69, 9.17) is 11.5 Å². The second-order valence-corrected chi connectivity index (χ2v) is 4.56. The van der Waals surface area contributed by atoms with E-state index < -0.39 is 5.91 Å². The van der Waals surface area contributed by atoms with Crippen molar-refractivity contribution in [3.63, 3.8) is 0 Å². The third kappa shape index (κ3) is 1.93. The van der Waals surface area contributed by atoms with Gasteiger partial charge in [0.2, 0.25) is 0 Å². The first-order valence-electron chi connectivity index (χ1n) is 5.34. The second-order valence-electron chi connectivity index (χ2n) is 4.56. The van der Waals surface area contributed by atoms with Gasteiger partial charge >= 0.3 is 0 Å². The lowest BCUT2D eigenvalue weighted by Crippen LogP contribution is -2.41. The van der Waals surface area contributed by atoms with Crippen LogP contribution in [0.5, 0.6) is 0 Å². The molecule has 1 amide bonds. The summed E-state index contributed by atoms with van der Waals surface area (Å²) in [5, 5.41) is 3.30. The van der Waals surface area contributed by atoms with Crippen LogP contribution in [0.4, 0.5) is 11.5 Å². The smallest absolute Gasteiger partial charge is 0.250 e. The third-order valence-corrected chi connectivity index (χ3v) is 3.09. The maximum absolute atomic E-state index is 11.1. The summed E-state index contributed by atoms with van der Waals surface area (Å²) in [4.78, 5) is 15.3. The van der Waals surface area contributed by atoms with E-state index in [1.54, 1.807) is 6.07 Å². The van der Waals surface area contributed by atoms with Crippen molar-refractivity contribution in [1.82, 2.24) is 4.98 Å². The van der Waals surface area contributed by atoms with E-state index in [2.05, 4.69) is 17.2 Å². The average molecular weight is 220 g/mol. The highest BCUT2D eigenvalue weighted by Crippen LogP contribution is 2.34. The van der Waals surface area contributed by atoms with Crippen LogP contribution in [0, 0.1) is 0 Å². The minimum absolute atomic E-state index is 0.0953. The highest BCUT2D eigenvalue weighted by atomic mass is 16.1. The summed E-state index contributed by atoms with van der Waals surface area (Å²) in [6.07, 6.45) is 4.92. The van der Waals surface area contributed by atoms with E-state index in [0.29, 0.717) is 17.1 Å². The van der Waals surface area contributed by atoms with Crippen molar-refractivity contribution in [2.45, 2.75) is 31.7 Å². The number of hydrogen-bond acceptors (Lipinski definition) is 4. The zero-order chi connectivity index (χ0) is 11.8. The lowest BCUT2D eigenvalue weighted by atomic mass is 9.78. The molecule has 0 bridgehead atoms. The molecular weight excluding hydrogens is 204 g/mol. The largest absolute Gasteiger partial charge is 0.397 e. The van der Waals surface area contributed by atoms with Gasteiger partial charge in [0, 0.05) is 5.54 Å². The Labute approximate surface area is 94.2 Å². The normalized spacial score (nSPS) is 17.6. The molecule has 5 N–H and O–H groups in total. The van der Waals surface area contributed by atoms with Crippen LogP contribution in [-0.4, -0.2) is 16.4 Å². The summed E-state index contributed by atoms with van der Waals surface area (Å²) in [6, 6.07) is 1.61. The molecule has 1 aliphatic rings. The number of nitrogens with zero attached hydrogens (tertiary/aromatic N) is 1. The number of nitrogens with one attached hydrogen (secondary N) is 1. The van der Waals surface area contributed by atoms with E-state index in [1.807, 2.05) is 0 Å². The predicted octanol–water partition coefficient (Wildman–Crippen LogP) is 1.12. The van der Waals surface area contributed by atoms with Crippen molar-refractivity contribution in [3.05, 3.63) is 17.8 Å². The van der Waals surface area contributed by atoms with Crippen LogP contribution < -0.4 is 16.8 Å². The monoisotopic (exact) mass is 220 g/mol. The Bertz CT molecular complexity index is 426. The maximum atomic E-state index is 11.1. The van der Waals surface area contributed by atoms with Gasteiger partial charge in [0.1, 0.15) is 5.82 Å². The Hall–Kier alpha value is -1.78. The number of nitrogen functional groups attached to an aromatic ring is 1. The molecular formula is C11H16N4O. The molecule has 0 radical (unpaired) electrons. The van der Waals surface area contributed by atoms with E-state index >= 15 is 0 Å². The number of carbonyl (C=O) groups is 1. The van der Waals surface area contributed by atoms with E-state index in [1.165, 1.54) is 12.6 Å².